The largest absolute Gasteiger partial charge is 0.497 e. The van der Waals surface area contributed by atoms with Gasteiger partial charge >= 0.3 is 0 Å². The summed E-state index contributed by atoms with van der Waals surface area (Å²) in [5.41, 5.74) is 12.8. The first-order valence-corrected chi connectivity index (χ1v) is 6.53. The highest BCUT2D eigenvalue weighted by molar-refractivity contribution is 5.91. The summed E-state index contributed by atoms with van der Waals surface area (Å²) in [4.78, 5) is 15.2. The van der Waals surface area contributed by atoms with Crippen molar-refractivity contribution >= 4 is 17.4 Å². The number of pyridine rings is 1. The lowest BCUT2D eigenvalue weighted by molar-refractivity contribution is 0.0996. The number of carbonyl (C=O) groups is 1. The van der Waals surface area contributed by atoms with E-state index in [1.54, 1.807) is 13.2 Å². The number of rotatable bonds is 6. The van der Waals surface area contributed by atoms with Crippen LogP contribution in [0.2, 0.25) is 0 Å². The van der Waals surface area contributed by atoms with Gasteiger partial charge in [-0.3, -0.25) is 4.79 Å². The predicted octanol–water partition coefficient (Wildman–Crippen LogP) is 1.43. The van der Waals surface area contributed by atoms with Gasteiger partial charge in [-0.15, -0.1) is 0 Å². The Balaban J connectivity index is 1.99. The number of amides is 1. The van der Waals surface area contributed by atoms with Gasteiger partial charge in [-0.2, -0.15) is 0 Å². The Labute approximate surface area is 123 Å². The zero-order valence-corrected chi connectivity index (χ0v) is 11.8. The number of nitrogen functional groups attached to an aromatic ring is 1. The Morgan fingerprint density at radius 3 is 2.86 bits per heavy atom. The summed E-state index contributed by atoms with van der Waals surface area (Å²) in [6, 6.07) is 10.9. The average molecular weight is 286 g/mol. The Hall–Kier alpha value is -2.76. The van der Waals surface area contributed by atoms with E-state index in [1.165, 1.54) is 6.07 Å². The Morgan fingerprint density at radius 2 is 2.14 bits per heavy atom. The summed E-state index contributed by atoms with van der Waals surface area (Å²) in [5, 5.41) is 3.11. The van der Waals surface area contributed by atoms with Crippen LogP contribution in [-0.4, -0.2) is 24.5 Å². The Bertz CT molecular complexity index is 643. The molecule has 110 valence electrons. The molecule has 1 aromatic heterocycles. The van der Waals surface area contributed by atoms with Crippen LogP contribution >= 0.6 is 0 Å². The van der Waals surface area contributed by atoms with Crippen molar-refractivity contribution in [3.05, 3.63) is 47.7 Å². The maximum atomic E-state index is 11.1. The summed E-state index contributed by atoms with van der Waals surface area (Å²) in [6.07, 6.45) is 0.777. The fraction of sp³-hybridized carbons (Fsp3) is 0.200. The van der Waals surface area contributed by atoms with Gasteiger partial charge in [-0.25, -0.2) is 4.98 Å². The second kappa shape index (κ2) is 6.60. The molecule has 0 saturated carbocycles. The normalized spacial score (nSPS) is 10.1. The number of benzene rings is 1. The van der Waals surface area contributed by atoms with Gasteiger partial charge in [0.25, 0.3) is 5.91 Å². The van der Waals surface area contributed by atoms with Crippen LogP contribution in [0.1, 0.15) is 16.1 Å². The quantitative estimate of drug-likeness (QED) is 0.745. The van der Waals surface area contributed by atoms with Gasteiger partial charge in [0.2, 0.25) is 0 Å². The zero-order chi connectivity index (χ0) is 15.2. The monoisotopic (exact) mass is 286 g/mol. The van der Waals surface area contributed by atoms with Crippen molar-refractivity contribution in [2.24, 2.45) is 5.73 Å². The molecule has 0 atom stereocenters. The number of ether oxygens (including phenoxy) is 1. The summed E-state index contributed by atoms with van der Waals surface area (Å²) in [7, 11) is 1.64. The van der Waals surface area contributed by atoms with E-state index in [9.17, 15) is 4.79 Å². The van der Waals surface area contributed by atoms with E-state index in [1.807, 2.05) is 24.3 Å². The first-order valence-electron chi connectivity index (χ1n) is 6.53. The molecule has 1 heterocycles. The standard InChI is InChI=1S/C15H18N4O2/c1-21-11-4-2-3-10(9-11)7-8-18-15-12(16)5-6-13(19-15)14(17)20/h2-6,9H,7-8,16H2,1H3,(H2,17,20)(H,18,19). The summed E-state index contributed by atoms with van der Waals surface area (Å²) in [6.45, 7) is 0.632. The van der Waals surface area contributed by atoms with Crippen molar-refractivity contribution in [1.82, 2.24) is 4.98 Å². The molecule has 0 radical (unpaired) electrons. The highest BCUT2D eigenvalue weighted by atomic mass is 16.5. The molecule has 21 heavy (non-hydrogen) atoms. The molecule has 2 rings (SSSR count). The average Bonchev–Trinajstić information content (AvgIpc) is 2.49. The fourth-order valence-corrected chi connectivity index (χ4v) is 1.90. The third kappa shape index (κ3) is 3.85. The number of hydrogen-bond acceptors (Lipinski definition) is 5. The summed E-state index contributed by atoms with van der Waals surface area (Å²) in [5.74, 6) is 0.709. The molecule has 1 amide bonds. The van der Waals surface area contributed by atoms with Crippen molar-refractivity contribution in [3.63, 3.8) is 0 Å². The van der Waals surface area contributed by atoms with E-state index in [-0.39, 0.29) is 5.69 Å². The van der Waals surface area contributed by atoms with Gasteiger partial charge in [0.15, 0.2) is 0 Å². The van der Waals surface area contributed by atoms with Gasteiger partial charge in [-0.1, -0.05) is 12.1 Å². The number of nitrogens with one attached hydrogen (secondary N) is 1. The fourth-order valence-electron chi connectivity index (χ4n) is 1.90. The van der Waals surface area contributed by atoms with Gasteiger partial charge in [-0.05, 0) is 36.2 Å². The second-order valence-corrected chi connectivity index (χ2v) is 4.53. The van der Waals surface area contributed by atoms with E-state index >= 15 is 0 Å². The van der Waals surface area contributed by atoms with Gasteiger partial charge < -0.3 is 21.5 Å². The third-order valence-electron chi connectivity index (χ3n) is 3.02. The van der Waals surface area contributed by atoms with Crippen molar-refractivity contribution < 1.29 is 9.53 Å². The van der Waals surface area contributed by atoms with E-state index in [4.69, 9.17) is 16.2 Å². The van der Waals surface area contributed by atoms with Crippen molar-refractivity contribution in [3.8, 4) is 5.75 Å². The van der Waals surface area contributed by atoms with Crippen molar-refractivity contribution in [1.29, 1.82) is 0 Å². The maximum absolute atomic E-state index is 11.1. The van der Waals surface area contributed by atoms with Crippen LogP contribution in [0.5, 0.6) is 5.75 Å². The number of aromatic nitrogens is 1. The summed E-state index contributed by atoms with van der Waals surface area (Å²) < 4.78 is 5.18. The van der Waals surface area contributed by atoms with E-state index in [0.29, 0.717) is 18.1 Å². The minimum absolute atomic E-state index is 0.188. The first-order chi connectivity index (χ1) is 10.1. The van der Waals surface area contributed by atoms with E-state index in [0.717, 1.165) is 17.7 Å². The molecule has 0 bridgehead atoms. The molecule has 0 saturated heterocycles. The molecule has 0 aliphatic rings. The van der Waals surface area contributed by atoms with E-state index < -0.39 is 5.91 Å². The van der Waals surface area contributed by atoms with Gasteiger partial charge in [0.05, 0.1) is 12.8 Å². The molecular formula is C15H18N4O2. The second-order valence-electron chi connectivity index (χ2n) is 4.53. The van der Waals surface area contributed by atoms with Crippen LogP contribution in [0.3, 0.4) is 0 Å². The van der Waals surface area contributed by atoms with Gasteiger partial charge in [0, 0.05) is 6.54 Å². The number of nitrogens with two attached hydrogens (primary N) is 2. The Kier molecular flexibility index (Phi) is 4.61. The Morgan fingerprint density at radius 1 is 1.33 bits per heavy atom. The molecule has 0 fully saturated rings. The molecule has 0 aliphatic carbocycles. The van der Waals surface area contributed by atoms with Crippen LogP contribution in [0, 0.1) is 0 Å². The maximum Gasteiger partial charge on any atom is 0.267 e. The van der Waals surface area contributed by atoms with Crippen molar-refractivity contribution in [2.45, 2.75) is 6.42 Å². The highest BCUT2D eigenvalue weighted by Gasteiger charge is 2.06. The van der Waals surface area contributed by atoms with Crippen LogP contribution in [0.25, 0.3) is 0 Å². The third-order valence-corrected chi connectivity index (χ3v) is 3.02. The van der Waals surface area contributed by atoms with Crippen LogP contribution in [-0.2, 0) is 6.42 Å². The molecule has 5 N–H and O–H groups in total. The lowest BCUT2D eigenvalue weighted by Crippen LogP contribution is -2.16. The molecule has 1 aromatic carbocycles. The number of primary amides is 1. The number of methoxy groups -OCH3 is 1. The summed E-state index contributed by atoms with van der Waals surface area (Å²) >= 11 is 0. The molecule has 0 unspecified atom stereocenters. The first kappa shape index (κ1) is 14.6. The van der Waals surface area contributed by atoms with Crippen molar-refractivity contribution in [2.75, 3.05) is 24.7 Å². The lowest BCUT2D eigenvalue weighted by atomic mass is 10.1. The molecule has 0 aliphatic heterocycles. The highest BCUT2D eigenvalue weighted by Crippen LogP contribution is 2.16. The molecule has 6 nitrogen and oxygen atoms in total. The number of hydrogen-bond donors (Lipinski definition) is 3. The molecule has 0 spiro atoms. The van der Waals surface area contributed by atoms with Crippen LogP contribution in [0.15, 0.2) is 36.4 Å². The smallest absolute Gasteiger partial charge is 0.267 e. The molecular weight excluding hydrogens is 268 g/mol. The minimum Gasteiger partial charge on any atom is -0.497 e. The predicted molar refractivity (Wildman–Crippen MR) is 82.4 cm³/mol. The molecule has 2 aromatic rings. The van der Waals surface area contributed by atoms with Crippen LogP contribution in [0.4, 0.5) is 11.5 Å². The zero-order valence-electron chi connectivity index (χ0n) is 11.8. The lowest BCUT2D eigenvalue weighted by Gasteiger charge is -2.10. The number of anilines is 2. The number of carbonyl (C=O) groups excluding carboxylic acids is 1. The van der Waals surface area contributed by atoms with E-state index in [2.05, 4.69) is 10.3 Å². The van der Waals surface area contributed by atoms with Crippen LogP contribution < -0.4 is 21.5 Å². The number of nitrogens with zero attached hydrogens (tertiary/aromatic N) is 1. The van der Waals surface area contributed by atoms with Gasteiger partial charge in [0.1, 0.15) is 17.3 Å². The topological polar surface area (TPSA) is 103 Å². The SMILES string of the molecule is COc1cccc(CCNc2nc(C(N)=O)ccc2N)c1. The minimum atomic E-state index is -0.578. The molecule has 6 heteroatoms.